The van der Waals surface area contributed by atoms with Crippen LogP contribution in [0.4, 0.5) is 11.5 Å². The smallest absolute Gasteiger partial charge is 0.144 e. The number of aliphatic hydroxyl groups excluding tert-OH is 1. The van der Waals surface area contributed by atoms with Crippen LogP contribution in [0.2, 0.25) is 0 Å². The van der Waals surface area contributed by atoms with Crippen LogP contribution >= 0.6 is 0 Å². The van der Waals surface area contributed by atoms with Crippen LogP contribution in [0, 0.1) is 25.2 Å². The molecule has 1 aliphatic heterocycles. The molecule has 1 aliphatic rings. The van der Waals surface area contributed by atoms with Gasteiger partial charge < -0.3 is 20.1 Å². The van der Waals surface area contributed by atoms with Gasteiger partial charge in [-0.1, -0.05) is 12.1 Å². The van der Waals surface area contributed by atoms with Gasteiger partial charge in [0, 0.05) is 44.2 Å². The number of nitrogens with one attached hydrogen (secondary N) is 1. The van der Waals surface area contributed by atoms with E-state index in [0.717, 1.165) is 65.5 Å². The molecule has 1 aromatic heterocycles. The van der Waals surface area contributed by atoms with Crippen LogP contribution in [0.1, 0.15) is 35.5 Å². The largest absolute Gasteiger partial charge is 0.495 e. The van der Waals surface area contributed by atoms with E-state index in [1.165, 1.54) is 0 Å². The minimum absolute atomic E-state index is 0.0432. The number of ether oxygens (including phenoxy) is 1. The highest BCUT2D eigenvalue weighted by Gasteiger charge is 2.22. The van der Waals surface area contributed by atoms with E-state index in [1.807, 2.05) is 38.1 Å². The summed E-state index contributed by atoms with van der Waals surface area (Å²) in [5, 5.41) is 23.2. The summed E-state index contributed by atoms with van der Waals surface area (Å²) in [5.74, 6) is 2.23. The number of hydrogen-bond donors (Lipinski definition) is 2. The van der Waals surface area contributed by atoms with Crippen molar-refractivity contribution in [2.45, 2.75) is 26.8 Å². The van der Waals surface area contributed by atoms with Gasteiger partial charge in [0.15, 0.2) is 0 Å². The van der Waals surface area contributed by atoms with Gasteiger partial charge in [-0.15, -0.1) is 0 Å². The van der Waals surface area contributed by atoms with Gasteiger partial charge in [0.2, 0.25) is 0 Å². The second kappa shape index (κ2) is 10.2. The first-order valence-electron chi connectivity index (χ1n) is 11.7. The number of nitriles is 1. The van der Waals surface area contributed by atoms with E-state index >= 15 is 0 Å². The van der Waals surface area contributed by atoms with Gasteiger partial charge in [-0.2, -0.15) is 5.26 Å². The molecule has 8 nitrogen and oxygen atoms in total. The fourth-order valence-corrected chi connectivity index (χ4v) is 4.66. The molecule has 178 valence electrons. The van der Waals surface area contributed by atoms with Gasteiger partial charge >= 0.3 is 0 Å². The highest BCUT2D eigenvalue weighted by Crippen LogP contribution is 2.36. The van der Waals surface area contributed by atoms with Crippen molar-refractivity contribution in [3.05, 3.63) is 52.8 Å². The van der Waals surface area contributed by atoms with Gasteiger partial charge in [0.1, 0.15) is 17.4 Å². The van der Waals surface area contributed by atoms with Crippen LogP contribution in [0.3, 0.4) is 0 Å². The third-order valence-corrected chi connectivity index (χ3v) is 6.55. The number of rotatable bonds is 7. The lowest BCUT2D eigenvalue weighted by Gasteiger charge is -2.36. The zero-order valence-corrected chi connectivity index (χ0v) is 20.3. The Morgan fingerprint density at radius 2 is 1.94 bits per heavy atom. The van der Waals surface area contributed by atoms with E-state index in [1.54, 1.807) is 7.11 Å². The summed E-state index contributed by atoms with van der Waals surface area (Å²) in [7, 11) is 1.69. The number of methoxy groups -OCH3 is 1. The Morgan fingerprint density at radius 3 is 2.62 bits per heavy atom. The summed E-state index contributed by atoms with van der Waals surface area (Å²) in [6, 6.07) is 12.1. The molecule has 0 aliphatic carbocycles. The summed E-state index contributed by atoms with van der Waals surface area (Å²) in [6.45, 7) is 10.3. The number of aromatic nitrogens is 2. The molecule has 8 heteroatoms. The number of benzene rings is 2. The number of aryl methyl sites for hydroxylation is 1. The van der Waals surface area contributed by atoms with Gasteiger partial charge in [-0.25, -0.2) is 9.97 Å². The van der Waals surface area contributed by atoms with E-state index in [4.69, 9.17) is 9.72 Å². The highest BCUT2D eigenvalue weighted by atomic mass is 16.5. The van der Waals surface area contributed by atoms with Crippen LogP contribution in [0.5, 0.6) is 5.75 Å². The molecular formula is C26H32N6O2. The fourth-order valence-electron chi connectivity index (χ4n) is 4.66. The Kier molecular flexibility index (Phi) is 7.15. The number of β-amino-alcohol motifs (C(OH)–C–C–N with tert-alkyl or cyclic N) is 1. The van der Waals surface area contributed by atoms with Crippen LogP contribution < -0.4 is 15.0 Å². The number of nitrogens with zero attached hydrogens (tertiary/aromatic N) is 5. The minimum atomic E-state index is -0.0432. The number of hydrogen-bond acceptors (Lipinski definition) is 8. The molecule has 0 radical (unpaired) electrons. The SMILES string of the molecule is COc1cc2nc(C)nc(N[C@H](C)c3cccc(C#N)c3C)c2cc1N1CCN(CCO)CC1. The predicted molar refractivity (Wildman–Crippen MR) is 134 cm³/mol. The Balaban J connectivity index is 1.70. The maximum Gasteiger partial charge on any atom is 0.144 e. The van der Waals surface area contributed by atoms with Crippen molar-refractivity contribution in [1.82, 2.24) is 14.9 Å². The Labute approximate surface area is 200 Å². The first-order chi connectivity index (χ1) is 16.4. The average Bonchev–Trinajstić information content (AvgIpc) is 2.84. The van der Waals surface area contributed by atoms with Crippen LogP contribution in [-0.2, 0) is 0 Å². The second-order valence-electron chi connectivity index (χ2n) is 8.71. The van der Waals surface area contributed by atoms with Gasteiger partial charge in [0.05, 0.1) is 42.6 Å². The molecule has 0 unspecified atom stereocenters. The van der Waals surface area contributed by atoms with Gasteiger partial charge in [0.25, 0.3) is 0 Å². The van der Waals surface area contributed by atoms with Gasteiger partial charge in [-0.05, 0) is 44.0 Å². The zero-order valence-electron chi connectivity index (χ0n) is 20.3. The predicted octanol–water partition coefficient (Wildman–Crippen LogP) is 3.41. The molecule has 2 aromatic carbocycles. The van der Waals surface area contributed by atoms with Crippen molar-refractivity contribution in [2.24, 2.45) is 0 Å². The lowest BCUT2D eigenvalue weighted by molar-refractivity contribution is 0.188. The Bertz CT molecular complexity index is 1210. The van der Waals surface area contributed by atoms with Gasteiger partial charge in [-0.3, -0.25) is 4.90 Å². The molecule has 0 spiro atoms. The summed E-state index contributed by atoms with van der Waals surface area (Å²) >= 11 is 0. The highest BCUT2D eigenvalue weighted by molar-refractivity contribution is 5.94. The number of anilines is 2. The summed E-state index contributed by atoms with van der Waals surface area (Å²) in [4.78, 5) is 14.0. The van der Waals surface area contributed by atoms with Crippen LogP contribution in [0.15, 0.2) is 30.3 Å². The first kappa shape index (κ1) is 23.7. The quantitative estimate of drug-likeness (QED) is 0.554. The average molecular weight is 461 g/mol. The maximum atomic E-state index is 9.42. The number of fused-ring (bicyclic) bond motifs is 1. The molecule has 3 aromatic rings. The van der Waals surface area contributed by atoms with Crippen molar-refractivity contribution in [3.63, 3.8) is 0 Å². The normalized spacial score (nSPS) is 15.2. The molecule has 2 N–H and O–H groups in total. The standard InChI is InChI=1S/C26H32N6O2/c1-17-20(16-27)6-5-7-21(17)18(2)28-26-22-14-24(32-10-8-31(9-11-32)12-13-33)25(34-4)15-23(22)29-19(3)30-26/h5-7,14-15,18,33H,8-13H2,1-4H3,(H,28,29,30)/t18-/m1/s1. The van der Waals surface area contributed by atoms with Crippen molar-refractivity contribution >= 4 is 22.4 Å². The third-order valence-electron chi connectivity index (χ3n) is 6.55. The summed E-state index contributed by atoms with van der Waals surface area (Å²) in [6.07, 6.45) is 0. The van der Waals surface area contributed by atoms with Crippen molar-refractivity contribution in [3.8, 4) is 11.8 Å². The lowest BCUT2D eigenvalue weighted by atomic mass is 9.98. The fraction of sp³-hybridized carbons (Fsp3) is 0.423. The molecule has 1 fully saturated rings. The molecule has 4 rings (SSSR count). The summed E-state index contributed by atoms with van der Waals surface area (Å²) < 4.78 is 5.75. The van der Waals surface area contributed by atoms with Crippen molar-refractivity contribution < 1.29 is 9.84 Å². The Morgan fingerprint density at radius 1 is 1.18 bits per heavy atom. The topological polar surface area (TPSA) is 97.5 Å². The van der Waals surface area contributed by atoms with Crippen molar-refractivity contribution in [2.75, 3.05) is 56.7 Å². The Hall–Kier alpha value is -3.41. The van der Waals surface area contributed by atoms with E-state index in [2.05, 4.69) is 39.2 Å². The van der Waals surface area contributed by atoms with E-state index in [0.29, 0.717) is 17.9 Å². The molecule has 1 saturated heterocycles. The first-order valence-corrected chi connectivity index (χ1v) is 11.7. The number of piperazine rings is 1. The molecule has 0 bridgehead atoms. The zero-order chi connectivity index (χ0) is 24.2. The molecule has 0 amide bonds. The maximum absolute atomic E-state index is 9.42. The van der Waals surface area contributed by atoms with Crippen LogP contribution in [-0.4, -0.2) is 66.4 Å². The molecule has 34 heavy (non-hydrogen) atoms. The van der Waals surface area contributed by atoms with Crippen molar-refractivity contribution in [1.29, 1.82) is 5.26 Å². The molecule has 2 heterocycles. The van der Waals surface area contributed by atoms with E-state index in [-0.39, 0.29) is 12.6 Å². The molecule has 0 saturated carbocycles. The van der Waals surface area contributed by atoms with E-state index < -0.39 is 0 Å². The molecule has 1 atom stereocenters. The summed E-state index contributed by atoms with van der Waals surface area (Å²) in [5.41, 5.74) is 4.57. The van der Waals surface area contributed by atoms with E-state index in [9.17, 15) is 10.4 Å². The lowest BCUT2D eigenvalue weighted by Crippen LogP contribution is -2.47. The monoisotopic (exact) mass is 460 g/mol. The minimum Gasteiger partial charge on any atom is -0.495 e. The van der Waals surface area contributed by atoms with Crippen LogP contribution in [0.25, 0.3) is 10.9 Å². The third kappa shape index (κ3) is 4.76. The number of aliphatic hydroxyl groups is 1. The molecular weight excluding hydrogens is 428 g/mol. The second-order valence-corrected chi connectivity index (χ2v) is 8.71.